The van der Waals surface area contributed by atoms with Crippen molar-refractivity contribution in [3.05, 3.63) is 59.7 Å². The number of alkyl carbamates (subject to hydrolysis) is 1. The summed E-state index contributed by atoms with van der Waals surface area (Å²) in [5.41, 5.74) is 3.95. The van der Waals surface area contributed by atoms with Crippen LogP contribution in [0.5, 0.6) is 0 Å². The van der Waals surface area contributed by atoms with Gasteiger partial charge in [0.25, 0.3) is 0 Å². The molecule has 1 aliphatic rings. The van der Waals surface area contributed by atoms with E-state index < -0.39 is 23.5 Å². The average Bonchev–Trinajstić information content (AvgIpc) is 3.12. The number of benzene rings is 2. The third-order valence-corrected chi connectivity index (χ3v) is 6.17. The number of carbonyl (C=O) groups is 3. The number of nitrogens with one attached hydrogen (secondary N) is 2. The van der Waals surface area contributed by atoms with Crippen LogP contribution >= 0.6 is 0 Å². The van der Waals surface area contributed by atoms with Gasteiger partial charge in [0.15, 0.2) is 0 Å². The highest BCUT2D eigenvalue weighted by Gasteiger charge is 2.30. The predicted molar refractivity (Wildman–Crippen MR) is 131 cm³/mol. The molecule has 0 bridgehead atoms. The number of rotatable bonds is 11. The minimum absolute atomic E-state index is 0.0575. The van der Waals surface area contributed by atoms with E-state index in [4.69, 9.17) is 9.84 Å². The highest BCUT2D eigenvalue weighted by atomic mass is 16.5. The number of unbranched alkanes of at least 4 members (excludes halogenated alkanes) is 1. The van der Waals surface area contributed by atoms with Gasteiger partial charge in [-0.1, -0.05) is 82.1 Å². The van der Waals surface area contributed by atoms with Gasteiger partial charge in [-0.2, -0.15) is 0 Å². The maximum Gasteiger partial charge on any atom is 0.407 e. The van der Waals surface area contributed by atoms with Crippen molar-refractivity contribution in [2.45, 2.75) is 58.4 Å². The topological polar surface area (TPSA) is 105 Å². The van der Waals surface area contributed by atoms with E-state index in [9.17, 15) is 14.4 Å². The molecule has 0 aliphatic heterocycles. The summed E-state index contributed by atoms with van der Waals surface area (Å²) in [6, 6.07) is 15.5. The lowest BCUT2D eigenvalue weighted by Gasteiger charge is -2.25. The summed E-state index contributed by atoms with van der Waals surface area (Å²) in [4.78, 5) is 36.5. The van der Waals surface area contributed by atoms with Crippen LogP contribution in [-0.4, -0.2) is 42.3 Å². The van der Waals surface area contributed by atoms with Crippen molar-refractivity contribution < 1.29 is 24.2 Å². The number of fused-ring (bicyclic) bond motifs is 3. The molecule has 2 amide bonds. The molecule has 2 aromatic rings. The van der Waals surface area contributed by atoms with Crippen LogP contribution in [0.25, 0.3) is 11.1 Å². The van der Waals surface area contributed by atoms with E-state index in [2.05, 4.69) is 34.9 Å². The summed E-state index contributed by atoms with van der Waals surface area (Å²) in [5, 5.41) is 14.5. The van der Waals surface area contributed by atoms with Crippen LogP contribution in [0.3, 0.4) is 0 Å². The molecule has 0 aromatic heterocycles. The summed E-state index contributed by atoms with van der Waals surface area (Å²) >= 11 is 0. The van der Waals surface area contributed by atoms with Gasteiger partial charge in [-0.15, -0.1) is 0 Å². The average molecular weight is 467 g/mol. The van der Waals surface area contributed by atoms with Crippen LogP contribution in [0, 0.1) is 5.41 Å². The van der Waals surface area contributed by atoms with Gasteiger partial charge in [-0.25, -0.2) is 4.79 Å². The second-order valence-electron chi connectivity index (χ2n) is 9.62. The van der Waals surface area contributed by atoms with Gasteiger partial charge in [0.2, 0.25) is 5.91 Å². The smallest absolute Gasteiger partial charge is 0.407 e. The fourth-order valence-electron chi connectivity index (χ4n) is 4.38. The summed E-state index contributed by atoms with van der Waals surface area (Å²) in [7, 11) is 0. The molecule has 0 fully saturated rings. The molecular formula is C27H34N2O5. The Labute approximate surface area is 200 Å². The van der Waals surface area contributed by atoms with E-state index in [1.165, 1.54) is 0 Å². The normalized spacial score (nSPS) is 13.5. The second-order valence-corrected chi connectivity index (χ2v) is 9.62. The van der Waals surface area contributed by atoms with Crippen LogP contribution in [0.15, 0.2) is 48.5 Å². The summed E-state index contributed by atoms with van der Waals surface area (Å²) in [6.07, 6.45) is 1.42. The molecule has 0 heterocycles. The SMILES string of the molecule is CCCCC(NC(=O)OCC1c2ccccc2-c2ccccc21)C(=O)NCC(C)(C)CC(=O)O. The number of carboxylic acids is 1. The highest BCUT2D eigenvalue weighted by molar-refractivity contribution is 5.85. The molecule has 1 atom stereocenters. The number of carbonyl (C=O) groups excluding carboxylic acids is 2. The van der Waals surface area contributed by atoms with Crippen molar-refractivity contribution in [2.75, 3.05) is 13.2 Å². The zero-order valence-electron chi connectivity index (χ0n) is 20.1. The molecule has 1 aliphatic carbocycles. The predicted octanol–water partition coefficient (Wildman–Crippen LogP) is 4.70. The Hall–Kier alpha value is -3.35. The quantitative estimate of drug-likeness (QED) is 0.445. The van der Waals surface area contributed by atoms with Gasteiger partial charge in [-0.05, 0) is 34.1 Å². The van der Waals surface area contributed by atoms with Crippen molar-refractivity contribution in [1.29, 1.82) is 0 Å². The molecule has 0 spiro atoms. The van der Waals surface area contributed by atoms with Crippen molar-refractivity contribution in [3.63, 3.8) is 0 Å². The van der Waals surface area contributed by atoms with Gasteiger partial charge in [0.1, 0.15) is 12.6 Å². The lowest BCUT2D eigenvalue weighted by atomic mass is 9.89. The molecular weight excluding hydrogens is 432 g/mol. The maximum atomic E-state index is 12.8. The molecule has 2 aromatic carbocycles. The summed E-state index contributed by atoms with van der Waals surface area (Å²) < 4.78 is 5.59. The summed E-state index contributed by atoms with van der Waals surface area (Å²) in [6.45, 7) is 5.95. The lowest BCUT2D eigenvalue weighted by Crippen LogP contribution is -2.49. The third kappa shape index (κ3) is 6.37. The molecule has 7 nitrogen and oxygen atoms in total. The Morgan fingerprint density at radius 1 is 1.03 bits per heavy atom. The fraction of sp³-hybridized carbons (Fsp3) is 0.444. The van der Waals surface area contributed by atoms with Gasteiger partial charge < -0.3 is 20.5 Å². The van der Waals surface area contributed by atoms with E-state index >= 15 is 0 Å². The molecule has 3 N–H and O–H groups in total. The number of hydrogen-bond donors (Lipinski definition) is 3. The van der Waals surface area contributed by atoms with Gasteiger partial charge in [-0.3, -0.25) is 9.59 Å². The molecule has 0 radical (unpaired) electrons. The van der Waals surface area contributed by atoms with Crippen molar-refractivity contribution in [2.24, 2.45) is 5.41 Å². The van der Waals surface area contributed by atoms with Crippen LogP contribution in [0.4, 0.5) is 4.79 Å². The second kappa shape index (κ2) is 11.2. The first-order chi connectivity index (χ1) is 16.2. The number of amides is 2. The van der Waals surface area contributed by atoms with E-state index in [0.29, 0.717) is 6.42 Å². The Bertz CT molecular complexity index is 988. The highest BCUT2D eigenvalue weighted by Crippen LogP contribution is 2.44. The molecule has 1 unspecified atom stereocenters. The molecule has 182 valence electrons. The molecule has 7 heteroatoms. The summed E-state index contributed by atoms with van der Waals surface area (Å²) in [5.74, 6) is -1.31. The molecule has 3 rings (SSSR count). The first-order valence-corrected chi connectivity index (χ1v) is 11.8. The zero-order valence-corrected chi connectivity index (χ0v) is 20.1. The number of carboxylic acid groups (broad SMARTS) is 1. The molecule has 0 saturated heterocycles. The lowest BCUT2D eigenvalue weighted by molar-refractivity contribution is -0.139. The van der Waals surface area contributed by atoms with Crippen molar-refractivity contribution in [1.82, 2.24) is 10.6 Å². The van der Waals surface area contributed by atoms with Gasteiger partial charge in [0.05, 0.1) is 6.42 Å². The standard InChI is InChI=1S/C27H34N2O5/c1-4-5-14-23(25(32)28-17-27(2,3)15-24(30)31)29-26(33)34-16-22-20-12-8-6-10-18(20)19-11-7-9-13-21(19)22/h6-13,22-23H,4-5,14-17H2,1-3H3,(H,28,32)(H,29,33)(H,30,31). The minimum Gasteiger partial charge on any atom is -0.481 e. The van der Waals surface area contributed by atoms with E-state index in [0.717, 1.165) is 35.1 Å². The van der Waals surface area contributed by atoms with E-state index in [-0.39, 0.29) is 31.4 Å². The number of ether oxygens (including phenoxy) is 1. The Morgan fingerprint density at radius 2 is 1.62 bits per heavy atom. The number of aliphatic carboxylic acids is 1. The molecule has 34 heavy (non-hydrogen) atoms. The first-order valence-electron chi connectivity index (χ1n) is 11.8. The van der Waals surface area contributed by atoms with Crippen LogP contribution < -0.4 is 10.6 Å². The zero-order chi connectivity index (χ0) is 24.7. The maximum absolute atomic E-state index is 12.8. The van der Waals surface area contributed by atoms with Gasteiger partial charge in [0, 0.05) is 12.5 Å². The third-order valence-electron chi connectivity index (χ3n) is 6.17. The largest absolute Gasteiger partial charge is 0.481 e. The fourth-order valence-corrected chi connectivity index (χ4v) is 4.38. The molecule has 0 saturated carbocycles. The monoisotopic (exact) mass is 466 g/mol. The Balaban J connectivity index is 1.61. The van der Waals surface area contributed by atoms with E-state index in [1.54, 1.807) is 13.8 Å². The van der Waals surface area contributed by atoms with Crippen LogP contribution in [-0.2, 0) is 14.3 Å². The Kier molecular flexibility index (Phi) is 8.31. The van der Waals surface area contributed by atoms with E-state index in [1.807, 2.05) is 31.2 Å². The Morgan fingerprint density at radius 3 is 2.18 bits per heavy atom. The van der Waals surface area contributed by atoms with Crippen molar-refractivity contribution in [3.8, 4) is 11.1 Å². The minimum atomic E-state index is -0.918. The number of hydrogen-bond acceptors (Lipinski definition) is 4. The van der Waals surface area contributed by atoms with Crippen LogP contribution in [0.2, 0.25) is 0 Å². The van der Waals surface area contributed by atoms with Gasteiger partial charge >= 0.3 is 12.1 Å². The first kappa shape index (κ1) is 25.3. The van der Waals surface area contributed by atoms with Crippen LogP contribution in [0.1, 0.15) is 63.5 Å². The van der Waals surface area contributed by atoms with Crippen molar-refractivity contribution >= 4 is 18.0 Å².